The van der Waals surface area contributed by atoms with Gasteiger partial charge in [-0.05, 0) is 42.3 Å². The highest BCUT2D eigenvalue weighted by Gasteiger charge is 2.27. The second-order valence-electron chi connectivity index (χ2n) is 6.34. The second-order valence-corrected chi connectivity index (χ2v) is 8.06. The first kappa shape index (κ1) is 19.0. The van der Waals surface area contributed by atoms with Crippen LogP contribution in [0.4, 0.5) is 5.69 Å². The van der Waals surface area contributed by atoms with E-state index in [0.717, 1.165) is 5.56 Å². The third-order valence-electron chi connectivity index (χ3n) is 4.35. The van der Waals surface area contributed by atoms with Crippen LogP contribution in [0.2, 0.25) is 0 Å². The Labute approximate surface area is 157 Å². The monoisotopic (exact) mass is 388 g/mol. The van der Waals surface area contributed by atoms with Crippen molar-refractivity contribution in [3.8, 4) is 0 Å². The molecule has 2 amide bonds. The van der Waals surface area contributed by atoms with Crippen molar-refractivity contribution in [1.82, 2.24) is 15.0 Å². The van der Waals surface area contributed by atoms with E-state index in [1.165, 1.54) is 24.0 Å². The van der Waals surface area contributed by atoms with Gasteiger partial charge in [0.1, 0.15) is 0 Å². The van der Waals surface area contributed by atoms with Gasteiger partial charge in [0.25, 0.3) is 0 Å². The molecule has 142 valence electrons. The van der Waals surface area contributed by atoms with Crippen molar-refractivity contribution in [3.05, 3.63) is 53.9 Å². The molecule has 0 spiro atoms. The van der Waals surface area contributed by atoms with Crippen LogP contribution in [0.15, 0.2) is 47.6 Å². The highest BCUT2D eigenvalue weighted by atomic mass is 32.2. The molecule has 8 nitrogen and oxygen atoms in total. The van der Waals surface area contributed by atoms with Crippen molar-refractivity contribution in [2.45, 2.75) is 30.8 Å². The van der Waals surface area contributed by atoms with Gasteiger partial charge in [-0.25, -0.2) is 8.42 Å². The molecule has 2 N–H and O–H groups in total. The Morgan fingerprint density at radius 3 is 2.81 bits per heavy atom. The molecule has 0 bridgehead atoms. The Kier molecular flexibility index (Phi) is 5.24. The average molecular weight is 388 g/mol. The maximum atomic E-state index is 12.6. The fraction of sp³-hybridized carbons (Fsp3) is 0.278. The zero-order valence-electron chi connectivity index (χ0n) is 15.0. The van der Waals surface area contributed by atoms with Gasteiger partial charge in [0.2, 0.25) is 21.8 Å². The number of nitrogens with zero attached hydrogens (tertiary/aromatic N) is 2. The van der Waals surface area contributed by atoms with Crippen LogP contribution in [0.3, 0.4) is 0 Å². The number of hydrogen-bond acceptors (Lipinski definition) is 5. The lowest BCUT2D eigenvalue weighted by Crippen LogP contribution is -2.44. The largest absolute Gasteiger partial charge is 0.351 e. The summed E-state index contributed by atoms with van der Waals surface area (Å²) in [6.45, 7) is 1.73. The number of rotatable bonds is 6. The maximum Gasteiger partial charge on any atom is 0.241 e. The van der Waals surface area contributed by atoms with Crippen LogP contribution in [0.25, 0.3) is 0 Å². The molecule has 27 heavy (non-hydrogen) atoms. The van der Waals surface area contributed by atoms with Gasteiger partial charge in [-0.15, -0.1) is 0 Å². The van der Waals surface area contributed by atoms with Crippen LogP contribution < -0.4 is 14.9 Å². The molecule has 1 atom stereocenters. The number of carbonyl (C=O) groups excluding carboxylic acids is 2. The zero-order chi connectivity index (χ0) is 19.6. The number of benzene rings is 1. The fourth-order valence-electron chi connectivity index (χ4n) is 2.81. The van der Waals surface area contributed by atoms with Crippen LogP contribution in [0, 0.1) is 0 Å². The Balaban J connectivity index is 1.66. The molecule has 1 aromatic heterocycles. The Bertz CT molecular complexity index is 976. The van der Waals surface area contributed by atoms with Gasteiger partial charge in [0.15, 0.2) is 0 Å². The Morgan fingerprint density at radius 1 is 1.33 bits per heavy atom. The summed E-state index contributed by atoms with van der Waals surface area (Å²) in [5.74, 6) is -0.533. The number of hydrogen-bond donors (Lipinski definition) is 2. The van der Waals surface area contributed by atoms with Gasteiger partial charge in [-0.1, -0.05) is 6.07 Å². The lowest BCUT2D eigenvalue weighted by atomic mass is 10.2. The normalized spacial score (nSPS) is 14.7. The molecule has 0 unspecified atom stereocenters. The Morgan fingerprint density at radius 2 is 2.11 bits per heavy atom. The van der Waals surface area contributed by atoms with E-state index in [1.807, 2.05) is 6.07 Å². The van der Waals surface area contributed by atoms with Gasteiger partial charge in [0, 0.05) is 31.7 Å². The third-order valence-corrected chi connectivity index (χ3v) is 5.89. The summed E-state index contributed by atoms with van der Waals surface area (Å²) in [4.78, 5) is 29.4. The molecule has 2 heterocycles. The molecule has 0 fully saturated rings. The number of amides is 2. The number of anilines is 1. The maximum absolute atomic E-state index is 12.6. The highest BCUT2D eigenvalue weighted by molar-refractivity contribution is 7.89. The van der Waals surface area contributed by atoms with Crippen LogP contribution in [-0.4, -0.2) is 38.3 Å². The summed E-state index contributed by atoms with van der Waals surface area (Å²) in [7, 11) is -2.25. The zero-order valence-corrected chi connectivity index (χ0v) is 15.8. The molecule has 1 aromatic carbocycles. The molecule has 0 saturated heterocycles. The van der Waals surface area contributed by atoms with Crippen LogP contribution in [-0.2, 0) is 32.6 Å². The SMILES string of the molecule is C[C@@H](NS(=O)(=O)c1ccc2c(c1)CC(=O)N2C)C(=O)NCc1cccnc1. The first-order valence-corrected chi connectivity index (χ1v) is 9.84. The van der Waals surface area contributed by atoms with E-state index >= 15 is 0 Å². The minimum atomic E-state index is -3.90. The van der Waals surface area contributed by atoms with Gasteiger partial charge in [-0.2, -0.15) is 4.72 Å². The molecule has 0 saturated carbocycles. The van der Waals surface area contributed by atoms with Crippen LogP contribution in [0.1, 0.15) is 18.1 Å². The minimum absolute atomic E-state index is 0.0243. The first-order chi connectivity index (χ1) is 12.8. The average Bonchev–Trinajstić information content (AvgIpc) is 2.93. The van der Waals surface area contributed by atoms with Gasteiger partial charge < -0.3 is 10.2 Å². The number of fused-ring (bicyclic) bond motifs is 1. The summed E-state index contributed by atoms with van der Waals surface area (Å²) in [6.07, 6.45) is 3.42. The third kappa shape index (κ3) is 4.15. The summed E-state index contributed by atoms with van der Waals surface area (Å²) >= 11 is 0. The molecule has 3 rings (SSSR count). The molecule has 0 radical (unpaired) electrons. The topological polar surface area (TPSA) is 108 Å². The van der Waals surface area contributed by atoms with E-state index in [4.69, 9.17) is 0 Å². The number of sulfonamides is 1. The summed E-state index contributed by atoms with van der Waals surface area (Å²) < 4.78 is 27.5. The molecule has 1 aliphatic heterocycles. The molecule has 0 aliphatic carbocycles. The molecule has 9 heteroatoms. The van der Waals surface area contributed by atoms with Crippen LogP contribution >= 0.6 is 0 Å². The smallest absolute Gasteiger partial charge is 0.241 e. The number of pyridine rings is 1. The lowest BCUT2D eigenvalue weighted by Gasteiger charge is -2.15. The number of carbonyl (C=O) groups is 2. The van der Waals surface area contributed by atoms with E-state index in [9.17, 15) is 18.0 Å². The first-order valence-electron chi connectivity index (χ1n) is 8.36. The fourth-order valence-corrected chi connectivity index (χ4v) is 4.07. The predicted molar refractivity (Wildman–Crippen MR) is 99.4 cm³/mol. The van der Waals surface area contributed by atoms with E-state index in [2.05, 4.69) is 15.0 Å². The van der Waals surface area contributed by atoms with Gasteiger partial charge in [0.05, 0.1) is 17.4 Å². The standard InChI is InChI=1S/C18H20N4O4S/c1-12(18(24)20-11-13-4-3-7-19-10-13)21-27(25,26)15-5-6-16-14(8-15)9-17(23)22(16)2/h3-8,10,12,21H,9,11H2,1-2H3,(H,20,24)/t12-/m1/s1. The summed E-state index contributed by atoms with van der Waals surface area (Å²) in [5.41, 5.74) is 2.16. The lowest BCUT2D eigenvalue weighted by molar-refractivity contribution is -0.122. The van der Waals surface area contributed by atoms with E-state index in [0.29, 0.717) is 11.3 Å². The number of aromatic nitrogens is 1. The Hall–Kier alpha value is -2.78. The number of nitrogens with one attached hydrogen (secondary N) is 2. The molecular formula is C18H20N4O4S. The van der Waals surface area contributed by atoms with Crippen molar-refractivity contribution < 1.29 is 18.0 Å². The number of likely N-dealkylation sites (N-methyl/N-ethyl adjacent to an activating group) is 1. The minimum Gasteiger partial charge on any atom is -0.351 e. The molecular weight excluding hydrogens is 368 g/mol. The van der Waals surface area contributed by atoms with Crippen LogP contribution in [0.5, 0.6) is 0 Å². The van der Waals surface area contributed by atoms with Crippen molar-refractivity contribution in [2.75, 3.05) is 11.9 Å². The predicted octanol–water partition coefficient (Wildman–Crippen LogP) is 0.584. The van der Waals surface area contributed by atoms with Crippen molar-refractivity contribution in [1.29, 1.82) is 0 Å². The summed E-state index contributed by atoms with van der Waals surface area (Å²) in [6, 6.07) is 7.11. The van der Waals surface area contributed by atoms with Crippen molar-refractivity contribution >= 4 is 27.5 Å². The van der Waals surface area contributed by atoms with Crippen molar-refractivity contribution in [2.24, 2.45) is 0 Å². The van der Waals surface area contributed by atoms with Gasteiger partial charge >= 0.3 is 0 Å². The highest BCUT2D eigenvalue weighted by Crippen LogP contribution is 2.29. The molecule has 1 aliphatic rings. The molecule has 2 aromatic rings. The van der Waals surface area contributed by atoms with Crippen molar-refractivity contribution in [3.63, 3.8) is 0 Å². The summed E-state index contributed by atoms with van der Waals surface area (Å²) in [5, 5.41) is 2.67. The second kappa shape index (κ2) is 7.45. The van der Waals surface area contributed by atoms with E-state index < -0.39 is 22.0 Å². The van der Waals surface area contributed by atoms with Gasteiger partial charge in [-0.3, -0.25) is 14.6 Å². The van der Waals surface area contributed by atoms with E-state index in [-0.39, 0.29) is 23.8 Å². The van der Waals surface area contributed by atoms with E-state index in [1.54, 1.807) is 31.6 Å². The quantitative estimate of drug-likeness (QED) is 0.753.